The molecule has 3 nitrogen and oxygen atoms in total. The molecule has 0 bridgehead atoms. The first-order valence-corrected chi connectivity index (χ1v) is 26.7. The van der Waals surface area contributed by atoms with Crippen LogP contribution in [0.4, 0.5) is 34.1 Å². The van der Waals surface area contributed by atoms with E-state index in [-0.39, 0.29) is 6.71 Å². The molecule has 0 amide bonds. The zero-order valence-electron chi connectivity index (χ0n) is 40.5. The highest BCUT2D eigenvalue weighted by Gasteiger charge is 2.46. The van der Waals surface area contributed by atoms with Crippen molar-refractivity contribution in [1.29, 1.82) is 0 Å². The van der Waals surface area contributed by atoms with E-state index in [1.165, 1.54) is 119 Å². The molecular formula is C70H41BN2OS. The molecule has 0 saturated carbocycles. The van der Waals surface area contributed by atoms with Crippen molar-refractivity contribution >= 4 is 154 Å². The highest BCUT2D eigenvalue weighted by Crippen LogP contribution is 2.57. The molecule has 2 aliphatic rings. The number of hydrogen-bond donors (Lipinski definition) is 0. The number of benzene rings is 13. The van der Waals surface area contributed by atoms with Gasteiger partial charge in [-0.05, 0) is 96.2 Å². The second-order valence-electron chi connectivity index (χ2n) is 20.1. The van der Waals surface area contributed by atoms with Gasteiger partial charge < -0.3 is 14.2 Å². The van der Waals surface area contributed by atoms with E-state index < -0.39 is 0 Å². The Labute approximate surface area is 436 Å². The maximum atomic E-state index is 6.91. The zero-order chi connectivity index (χ0) is 48.9. The Morgan fingerprint density at radius 3 is 1.31 bits per heavy atom. The predicted molar refractivity (Wildman–Crippen MR) is 322 cm³/mol. The SMILES string of the molecule is c1ccc(-c2c(N3c4cccc5c4B(c4ccc6oc7ccccc7c6c43)c3ccc4sc6ccccc6c4c3N5c3c(-c4ccccc4)c4ccccc4c4ccccc34)c3ccccc3c3ccccc23)cc1. The van der Waals surface area contributed by atoms with E-state index in [9.17, 15) is 0 Å². The van der Waals surface area contributed by atoms with E-state index >= 15 is 0 Å². The van der Waals surface area contributed by atoms with Crippen LogP contribution in [0.5, 0.6) is 0 Å². The average molecular weight is 969 g/mol. The molecule has 5 heteroatoms. The van der Waals surface area contributed by atoms with E-state index in [0.717, 1.165) is 39.0 Å². The summed E-state index contributed by atoms with van der Waals surface area (Å²) < 4.78 is 9.46. The number of furan rings is 1. The van der Waals surface area contributed by atoms with Crippen molar-refractivity contribution in [1.82, 2.24) is 0 Å². The van der Waals surface area contributed by atoms with Gasteiger partial charge in [0.1, 0.15) is 11.2 Å². The van der Waals surface area contributed by atoms with Gasteiger partial charge in [-0.25, -0.2) is 0 Å². The molecule has 0 fully saturated rings. The van der Waals surface area contributed by atoms with Gasteiger partial charge in [0.15, 0.2) is 0 Å². The molecule has 0 aliphatic carbocycles. The van der Waals surface area contributed by atoms with Gasteiger partial charge >= 0.3 is 0 Å². The topological polar surface area (TPSA) is 19.6 Å². The van der Waals surface area contributed by atoms with Crippen LogP contribution in [0.25, 0.3) is 107 Å². The molecule has 2 aromatic heterocycles. The Morgan fingerprint density at radius 2 is 0.733 bits per heavy atom. The normalized spacial score (nSPS) is 13.0. The molecule has 0 unspecified atom stereocenters. The lowest BCUT2D eigenvalue weighted by Crippen LogP contribution is -2.61. The summed E-state index contributed by atoms with van der Waals surface area (Å²) in [6, 6.07) is 92.5. The summed E-state index contributed by atoms with van der Waals surface area (Å²) in [4.78, 5) is 5.36. The third kappa shape index (κ3) is 5.60. The Balaban J connectivity index is 1.10. The Morgan fingerprint density at radius 1 is 0.293 bits per heavy atom. The van der Waals surface area contributed by atoms with Crippen LogP contribution in [0.3, 0.4) is 0 Å². The highest BCUT2D eigenvalue weighted by atomic mass is 32.1. The second-order valence-corrected chi connectivity index (χ2v) is 21.2. The average Bonchev–Trinajstić information content (AvgIpc) is 4.17. The van der Waals surface area contributed by atoms with E-state index in [1.54, 1.807) is 0 Å². The van der Waals surface area contributed by atoms with Crippen LogP contribution in [-0.4, -0.2) is 6.71 Å². The van der Waals surface area contributed by atoms with Gasteiger partial charge in [-0.2, -0.15) is 0 Å². The first-order chi connectivity index (χ1) is 37.3. The second kappa shape index (κ2) is 15.6. The van der Waals surface area contributed by atoms with Gasteiger partial charge in [-0.3, -0.25) is 0 Å². The number of thiophene rings is 1. The summed E-state index contributed by atoms with van der Waals surface area (Å²) in [5.41, 5.74) is 17.4. The predicted octanol–water partition coefficient (Wildman–Crippen LogP) is 18.0. The number of nitrogens with zero attached hydrogens (tertiary/aromatic N) is 2. The summed E-state index contributed by atoms with van der Waals surface area (Å²) in [7, 11) is 0. The molecular weight excluding hydrogens is 928 g/mol. The van der Waals surface area contributed by atoms with Crippen LogP contribution in [0, 0.1) is 0 Å². The summed E-state index contributed by atoms with van der Waals surface area (Å²) in [5.74, 6) is 0. The fourth-order valence-electron chi connectivity index (χ4n) is 13.5. The molecule has 2 aliphatic heterocycles. The summed E-state index contributed by atoms with van der Waals surface area (Å²) in [6.07, 6.45) is 0. The number of anilines is 6. The molecule has 0 atom stereocenters. The van der Waals surface area contributed by atoms with Crippen molar-refractivity contribution in [2.24, 2.45) is 0 Å². The molecule has 13 aromatic carbocycles. The third-order valence-electron chi connectivity index (χ3n) is 16.4. The maximum absolute atomic E-state index is 6.91. The van der Waals surface area contributed by atoms with Crippen LogP contribution in [0.2, 0.25) is 0 Å². The fraction of sp³-hybridized carbons (Fsp3) is 0. The number of rotatable bonds is 4. The minimum Gasteiger partial charge on any atom is -0.456 e. The van der Waals surface area contributed by atoms with E-state index in [2.05, 4.69) is 259 Å². The molecule has 0 saturated heterocycles. The minimum absolute atomic E-state index is 0.145. The van der Waals surface area contributed by atoms with Crippen molar-refractivity contribution in [3.8, 4) is 22.3 Å². The molecule has 4 heterocycles. The Bertz CT molecular complexity index is 4620. The molecule has 75 heavy (non-hydrogen) atoms. The zero-order valence-corrected chi connectivity index (χ0v) is 41.3. The first-order valence-electron chi connectivity index (χ1n) is 25.9. The number of hydrogen-bond acceptors (Lipinski definition) is 4. The summed E-state index contributed by atoms with van der Waals surface area (Å²) in [5, 5.41) is 14.5. The van der Waals surface area contributed by atoms with E-state index in [4.69, 9.17) is 4.42 Å². The largest absolute Gasteiger partial charge is 0.456 e. The monoisotopic (exact) mass is 968 g/mol. The molecule has 15 aromatic rings. The van der Waals surface area contributed by atoms with Gasteiger partial charge in [0, 0.05) is 58.8 Å². The van der Waals surface area contributed by atoms with Crippen LogP contribution < -0.4 is 26.2 Å². The van der Waals surface area contributed by atoms with Crippen LogP contribution >= 0.6 is 11.3 Å². The van der Waals surface area contributed by atoms with Gasteiger partial charge in [-0.1, -0.05) is 212 Å². The molecule has 17 rings (SSSR count). The van der Waals surface area contributed by atoms with Crippen molar-refractivity contribution in [2.45, 2.75) is 0 Å². The standard InChI is InChI=1S/C70H41BN2OS/c1-3-20-42(21-4-1)62-48-28-11-7-24-44(48)46-26-9-13-30-50(46)67(62)72-56-34-19-35-57-66(56)71(54-38-40-59-64(69(54)72)52-32-15-17-36-58(52)74-59)55-39-41-61-65(53-33-16-18-37-60(53)75-61)70(55)73(57)68-51-31-14-10-27-47(51)45-25-8-12-29-49(45)63(68)43-22-5-2-6-23-43/h1-41H. The van der Waals surface area contributed by atoms with E-state index in [1.807, 2.05) is 11.3 Å². The van der Waals surface area contributed by atoms with E-state index in [0.29, 0.717) is 0 Å². The first kappa shape index (κ1) is 41.1. The lowest BCUT2D eigenvalue weighted by atomic mass is 9.33. The van der Waals surface area contributed by atoms with Crippen LogP contribution in [0.1, 0.15) is 0 Å². The van der Waals surface area contributed by atoms with Gasteiger partial charge in [-0.15, -0.1) is 11.3 Å². The Hall–Kier alpha value is -9.42. The van der Waals surface area contributed by atoms with Crippen molar-refractivity contribution in [2.75, 3.05) is 9.80 Å². The quantitative estimate of drug-likeness (QED) is 0.129. The third-order valence-corrected chi connectivity index (χ3v) is 17.5. The van der Waals surface area contributed by atoms with Gasteiger partial charge in [0.25, 0.3) is 6.71 Å². The molecule has 0 N–H and O–H groups in total. The number of para-hydroxylation sites is 1. The Kier molecular flexibility index (Phi) is 8.52. The molecule has 0 radical (unpaired) electrons. The maximum Gasteiger partial charge on any atom is 0.252 e. The van der Waals surface area contributed by atoms with Crippen LogP contribution in [-0.2, 0) is 0 Å². The van der Waals surface area contributed by atoms with Gasteiger partial charge in [0.05, 0.1) is 28.1 Å². The molecule has 346 valence electrons. The summed E-state index contributed by atoms with van der Waals surface area (Å²) in [6.45, 7) is -0.145. The smallest absolute Gasteiger partial charge is 0.252 e. The van der Waals surface area contributed by atoms with Crippen molar-refractivity contribution in [3.05, 3.63) is 249 Å². The molecule has 0 spiro atoms. The lowest BCUT2D eigenvalue weighted by molar-refractivity contribution is 0.669. The highest BCUT2D eigenvalue weighted by molar-refractivity contribution is 7.26. The van der Waals surface area contributed by atoms with Crippen LogP contribution in [0.15, 0.2) is 253 Å². The van der Waals surface area contributed by atoms with Gasteiger partial charge in [0.2, 0.25) is 0 Å². The number of fused-ring (bicyclic) bond motifs is 18. The minimum atomic E-state index is -0.145. The van der Waals surface area contributed by atoms with Crippen molar-refractivity contribution in [3.63, 3.8) is 0 Å². The van der Waals surface area contributed by atoms with Crippen molar-refractivity contribution < 1.29 is 4.42 Å². The summed E-state index contributed by atoms with van der Waals surface area (Å²) >= 11 is 1.89. The lowest BCUT2D eigenvalue weighted by Gasteiger charge is -2.45. The fourth-order valence-corrected chi connectivity index (χ4v) is 14.6.